The number of fused-ring (bicyclic) bond motifs is 1. The molecule has 1 aromatic heterocycles. The SMILES string of the molecule is Cc1cc(F)ccc1OC(=O)C(C)Cc1cncc2ccccc12. The highest BCUT2D eigenvalue weighted by atomic mass is 19.1. The number of nitrogens with zero attached hydrogens (tertiary/aromatic N) is 1. The predicted molar refractivity (Wildman–Crippen MR) is 91.4 cm³/mol. The number of benzene rings is 2. The summed E-state index contributed by atoms with van der Waals surface area (Å²) in [4.78, 5) is 16.6. The summed E-state index contributed by atoms with van der Waals surface area (Å²) >= 11 is 0. The van der Waals surface area contributed by atoms with E-state index in [0.29, 0.717) is 17.7 Å². The van der Waals surface area contributed by atoms with Crippen molar-refractivity contribution in [2.75, 3.05) is 0 Å². The zero-order valence-corrected chi connectivity index (χ0v) is 13.6. The van der Waals surface area contributed by atoms with Gasteiger partial charge in [-0.2, -0.15) is 0 Å². The third kappa shape index (κ3) is 3.43. The molecule has 1 atom stereocenters. The number of hydrogen-bond donors (Lipinski definition) is 0. The Morgan fingerprint density at radius 3 is 2.79 bits per heavy atom. The molecular formula is C20H18FNO2. The van der Waals surface area contributed by atoms with E-state index in [9.17, 15) is 9.18 Å². The molecule has 3 aromatic rings. The molecule has 0 fully saturated rings. The van der Waals surface area contributed by atoms with E-state index in [1.54, 1.807) is 13.1 Å². The highest BCUT2D eigenvalue weighted by molar-refractivity contribution is 5.85. The lowest BCUT2D eigenvalue weighted by molar-refractivity contribution is -0.138. The number of esters is 1. The summed E-state index contributed by atoms with van der Waals surface area (Å²) in [5.41, 5.74) is 1.61. The maximum Gasteiger partial charge on any atom is 0.314 e. The second-order valence-electron chi connectivity index (χ2n) is 5.96. The first-order valence-corrected chi connectivity index (χ1v) is 7.84. The highest BCUT2D eigenvalue weighted by Crippen LogP contribution is 2.23. The van der Waals surface area contributed by atoms with Crippen molar-refractivity contribution in [3.05, 3.63) is 71.8 Å². The Balaban J connectivity index is 1.76. The fourth-order valence-corrected chi connectivity index (χ4v) is 2.69. The number of ether oxygens (including phenoxy) is 1. The molecule has 0 saturated heterocycles. The van der Waals surface area contributed by atoms with E-state index in [0.717, 1.165) is 16.3 Å². The van der Waals surface area contributed by atoms with Crippen molar-refractivity contribution in [1.82, 2.24) is 4.98 Å². The van der Waals surface area contributed by atoms with Crippen LogP contribution in [0.3, 0.4) is 0 Å². The van der Waals surface area contributed by atoms with Gasteiger partial charge in [-0.1, -0.05) is 31.2 Å². The van der Waals surface area contributed by atoms with Crippen molar-refractivity contribution in [2.45, 2.75) is 20.3 Å². The molecule has 24 heavy (non-hydrogen) atoms. The first-order valence-electron chi connectivity index (χ1n) is 7.84. The van der Waals surface area contributed by atoms with Crippen molar-refractivity contribution in [1.29, 1.82) is 0 Å². The summed E-state index contributed by atoms with van der Waals surface area (Å²) in [7, 11) is 0. The zero-order chi connectivity index (χ0) is 17.1. The molecule has 1 unspecified atom stereocenters. The summed E-state index contributed by atoms with van der Waals surface area (Å²) in [6.07, 6.45) is 4.13. The average molecular weight is 323 g/mol. The molecule has 0 spiro atoms. The van der Waals surface area contributed by atoms with Crippen molar-refractivity contribution in [2.24, 2.45) is 5.92 Å². The molecule has 3 nitrogen and oxygen atoms in total. The second kappa shape index (κ2) is 6.79. The molecule has 0 N–H and O–H groups in total. The molecule has 2 aromatic carbocycles. The summed E-state index contributed by atoms with van der Waals surface area (Å²) in [6, 6.07) is 12.1. The van der Waals surface area contributed by atoms with Crippen LogP contribution in [0.1, 0.15) is 18.1 Å². The maximum absolute atomic E-state index is 13.1. The molecule has 0 saturated carbocycles. The lowest BCUT2D eigenvalue weighted by Crippen LogP contribution is -2.20. The van der Waals surface area contributed by atoms with Crippen LogP contribution in [0.2, 0.25) is 0 Å². The molecular weight excluding hydrogens is 305 g/mol. The van der Waals surface area contributed by atoms with Crippen molar-refractivity contribution in [3.8, 4) is 5.75 Å². The molecule has 0 amide bonds. The number of aromatic nitrogens is 1. The number of aryl methyl sites for hydroxylation is 1. The molecule has 0 radical (unpaired) electrons. The zero-order valence-electron chi connectivity index (χ0n) is 13.6. The number of pyridine rings is 1. The first kappa shape index (κ1) is 16.1. The Kier molecular flexibility index (Phi) is 4.56. The summed E-state index contributed by atoms with van der Waals surface area (Å²) < 4.78 is 18.6. The van der Waals surface area contributed by atoms with Crippen molar-refractivity contribution in [3.63, 3.8) is 0 Å². The minimum absolute atomic E-state index is 0.331. The Bertz CT molecular complexity index is 886. The largest absolute Gasteiger partial charge is 0.426 e. The Hall–Kier alpha value is -2.75. The molecule has 0 aliphatic rings. The van der Waals surface area contributed by atoms with E-state index in [4.69, 9.17) is 4.74 Å². The lowest BCUT2D eigenvalue weighted by atomic mass is 9.98. The van der Waals surface area contributed by atoms with Crippen LogP contribution in [0.4, 0.5) is 4.39 Å². The molecule has 3 rings (SSSR count). The number of halogens is 1. The van der Waals surface area contributed by atoms with Crippen LogP contribution in [-0.4, -0.2) is 11.0 Å². The van der Waals surface area contributed by atoms with Crippen LogP contribution in [0.25, 0.3) is 10.8 Å². The van der Waals surface area contributed by atoms with Gasteiger partial charge in [0.1, 0.15) is 11.6 Å². The van der Waals surface area contributed by atoms with Gasteiger partial charge in [0.25, 0.3) is 0 Å². The molecule has 4 heteroatoms. The summed E-state index contributed by atoms with van der Waals surface area (Å²) in [5.74, 6) is -0.619. The fourth-order valence-electron chi connectivity index (χ4n) is 2.69. The van der Waals surface area contributed by atoms with Gasteiger partial charge in [-0.25, -0.2) is 4.39 Å². The topological polar surface area (TPSA) is 39.2 Å². The smallest absolute Gasteiger partial charge is 0.314 e. The van der Waals surface area contributed by atoms with Gasteiger partial charge >= 0.3 is 5.97 Å². The average Bonchev–Trinajstić information content (AvgIpc) is 2.57. The van der Waals surface area contributed by atoms with E-state index in [1.807, 2.05) is 37.4 Å². The van der Waals surface area contributed by atoms with Gasteiger partial charge in [-0.3, -0.25) is 9.78 Å². The predicted octanol–water partition coefficient (Wildman–Crippen LogP) is 4.47. The Morgan fingerprint density at radius 1 is 1.21 bits per heavy atom. The number of carbonyl (C=O) groups is 1. The second-order valence-corrected chi connectivity index (χ2v) is 5.96. The molecule has 0 bridgehead atoms. The third-order valence-corrected chi connectivity index (χ3v) is 4.03. The lowest BCUT2D eigenvalue weighted by Gasteiger charge is -2.14. The van der Waals surface area contributed by atoms with Crippen LogP contribution >= 0.6 is 0 Å². The van der Waals surface area contributed by atoms with Gasteiger partial charge in [-0.05, 0) is 48.1 Å². The third-order valence-electron chi connectivity index (χ3n) is 4.03. The number of rotatable bonds is 4. The van der Waals surface area contributed by atoms with E-state index in [-0.39, 0.29) is 17.7 Å². The highest BCUT2D eigenvalue weighted by Gasteiger charge is 2.18. The van der Waals surface area contributed by atoms with E-state index < -0.39 is 0 Å². The van der Waals surface area contributed by atoms with Crippen molar-refractivity contribution >= 4 is 16.7 Å². The van der Waals surface area contributed by atoms with Gasteiger partial charge in [-0.15, -0.1) is 0 Å². The standard InChI is InChI=1S/C20H18FNO2/c1-13-10-17(21)7-8-19(13)24-20(23)14(2)9-16-12-22-11-15-5-3-4-6-18(15)16/h3-8,10-12,14H,9H2,1-2H3. The van der Waals surface area contributed by atoms with E-state index in [2.05, 4.69) is 4.98 Å². The molecule has 0 aliphatic carbocycles. The monoisotopic (exact) mass is 323 g/mol. The van der Waals surface area contributed by atoms with Crippen LogP contribution < -0.4 is 4.74 Å². The van der Waals surface area contributed by atoms with E-state index in [1.165, 1.54) is 18.2 Å². The molecule has 122 valence electrons. The summed E-state index contributed by atoms with van der Waals surface area (Å²) in [5, 5.41) is 2.13. The van der Waals surface area contributed by atoms with Gasteiger partial charge in [0.2, 0.25) is 0 Å². The summed E-state index contributed by atoms with van der Waals surface area (Å²) in [6.45, 7) is 3.54. The minimum atomic E-state index is -0.345. The Morgan fingerprint density at radius 2 is 2.00 bits per heavy atom. The van der Waals surface area contributed by atoms with E-state index >= 15 is 0 Å². The first-order chi connectivity index (χ1) is 11.5. The maximum atomic E-state index is 13.1. The number of hydrogen-bond acceptors (Lipinski definition) is 3. The minimum Gasteiger partial charge on any atom is -0.426 e. The number of carbonyl (C=O) groups excluding carboxylic acids is 1. The Labute approximate surface area is 140 Å². The van der Waals surface area contributed by atoms with Gasteiger partial charge in [0.05, 0.1) is 5.92 Å². The van der Waals surface area contributed by atoms with Crippen LogP contribution in [0.15, 0.2) is 54.9 Å². The van der Waals surface area contributed by atoms with Gasteiger partial charge < -0.3 is 4.74 Å². The van der Waals surface area contributed by atoms with Crippen LogP contribution in [0.5, 0.6) is 5.75 Å². The fraction of sp³-hybridized carbons (Fsp3) is 0.200. The van der Waals surface area contributed by atoms with Crippen LogP contribution in [-0.2, 0) is 11.2 Å². The van der Waals surface area contributed by atoms with Crippen LogP contribution in [0, 0.1) is 18.7 Å². The van der Waals surface area contributed by atoms with Crippen molar-refractivity contribution < 1.29 is 13.9 Å². The van der Waals surface area contributed by atoms with Gasteiger partial charge in [0, 0.05) is 17.8 Å². The molecule has 1 heterocycles. The normalized spacial score (nSPS) is 12.1. The quantitative estimate of drug-likeness (QED) is 0.525. The van der Waals surface area contributed by atoms with Gasteiger partial charge in [0.15, 0.2) is 0 Å². The molecule has 0 aliphatic heterocycles.